The van der Waals surface area contributed by atoms with Gasteiger partial charge in [0.15, 0.2) is 0 Å². The molecule has 0 spiro atoms. The van der Waals surface area contributed by atoms with Crippen molar-refractivity contribution in [3.63, 3.8) is 0 Å². The topological polar surface area (TPSA) is 20.2 Å². The van der Waals surface area contributed by atoms with Crippen LogP contribution in [0.5, 0.6) is 0 Å². The van der Waals surface area contributed by atoms with Crippen molar-refractivity contribution in [1.29, 1.82) is 0 Å². The van der Waals surface area contributed by atoms with Gasteiger partial charge in [-0.1, -0.05) is 36.7 Å². The lowest BCUT2D eigenvalue weighted by molar-refractivity contribution is 0.184. The summed E-state index contributed by atoms with van der Waals surface area (Å²) in [5.74, 6) is 0. The van der Waals surface area contributed by atoms with Crippen molar-refractivity contribution in [3.05, 3.63) is 47.5 Å². The van der Waals surface area contributed by atoms with E-state index in [2.05, 4.69) is 6.58 Å². The van der Waals surface area contributed by atoms with Crippen LogP contribution in [0.3, 0.4) is 0 Å². The largest absolute Gasteiger partial charge is 0.395 e. The molecule has 14 heavy (non-hydrogen) atoms. The average molecular weight is 211 g/mol. The molecule has 0 fully saturated rings. The zero-order valence-electron chi connectivity index (χ0n) is 8.33. The summed E-state index contributed by atoms with van der Waals surface area (Å²) in [6, 6.07) is 7.66. The molecule has 1 aromatic carbocycles. The lowest BCUT2D eigenvalue weighted by Gasteiger charge is -2.22. The summed E-state index contributed by atoms with van der Waals surface area (Å²) >= 11 is 5.78. The predicted molar refractivity (Wildman–Crippen MR) is 60.5 cm³/mol. The fourth-order valence-corrected chi connectivity index (χ4v) is 1.39. The molecule has 0 amide bonds. The summed E-state index contributed by atoms with van der Waals surface area (Å²) in [5, 5.41) is 9.94. The number of aliphatic hydroxyl groups excluding tert-OH is 1. The molecule has 0 saturated heterocycles. The Morgan fingerprint density at radius 2 is 2.00 bits per heavy atom. The molecule has 0 heterocycles. The van der Waals surface area contributed by atoms with Gasteiger partial charge >= 0.3 is 0 Å². The Labute approximate surface area is 90.0 Å². The van der Waals surface area contributed by atoms with E-state index in [1.165, 1.54) is 0 Å². The van der Waals surface area contributed by atoms with Crippen molar-refractivity contribution in [1.82, 2.24) is 0 Å². The van der Waals surface area contributed by atoms with Gasteiger partial charge in [-0.3, -0.25) is 0 Å². The molecule has 0 aliphatic heterocycles. The Morgan fingerprint density at radius 3 is 2.43 bits per heavy atom. The molecular weight excluding hydrogens is 196 g/mol. The molecular formula is C12H15ClO. The van der Waals surface area contributed by atoms with E-state index >= 15 is 0 Å². The van der Waals surface area contributed by atoms with E-state index in [9.17, 15) is 5.11 Å². The van der Waals surface area contributed by atoms with E-state index in [4.69, 9.17) is 11.6 Å². The zero-order valence-corrected chi connectivity index (χ0v) is 9.09. The zero-order chi connectivity index (χ0) is 10.6. The first-order chi connectivity index (χ1) is 6.59. The third kappa shape index (κ3) is 2.86. The lowest BCUT2D eigenvalue weighted by atomic mass is 9.85. The van der Waals surface area contributed by atoms with E-state index in [0.717, 1.165) is 17.0 Å². The summed E-state index contributed by atoms with van der Waals surface area (Å²) in [4.78, 5) is 0. The van der Waals surface area contributed by atoms with E-state index in [1.54, 1.807) is 6.08 Å². The number of benzene rings is 1. The molecule has 1 nitrogen and oxygen atoms in total. The van der Waals surface area contributed by atoms with E-state index in [0.29, 0.717) is 0 Å². The second-order valence-electron chi connectivity index (χ2n) is 3.82. The van der Waals surface area contributed by atoms with Crippen LogP contribution in [0.4, 0.5) is 0 Å². The molecule has 0 aliphatic carbocycles. The van der Waals surface area contributed by atoms with Crippen LogP contribution in [0, 0.1) is 5.41 Å². The molecule has 0 aromatic heterocycles. The monoisotopic (exact) mass is 210 g/mol. The van der Waals surface area contributed by atoms with Crippen LogP contribution < -0.4 is 0 Å². The smallest absolute Gasteiger partial charge is 0.0522 e. The quantitative estimate of drug-likeness (QED) is 0.758. The van der Waals surface area contributed by atoms with Crippen molar-refractivity contribution < 1.29 is 5.11 Å². The Bertz CT molecular complexity index is 305. The first-order valence-corrected chi connectivity index (χ1v) is 4.96. The maximum absolute atomic E-state index is 9.20. The molecule has 1 aromatic rings. The first-order valence-electron chi connectivity index (χ1n) is 4.58. The van der Waals surface area contributed by atoms with Crippen LogP contribution in [0.25, 0.3) is 0 Å². The third-order valence-corrected chi connectivity index (χ3v) is 2.63. The van der Waals surface area contributed by atoms with Crippen LogP contribution in [0.2, 0.25) is 5.02 Å². The van der Waals surface area contributed by atoms with Crippen LogP contribution in [-0.2, 0) is 6.42 Å². The maximum Gasteiger partial charge on any atom is 0.0522 e. The highest BCUT2D eigenvalue weighted by atomic mass is 35.5. The van der Waals surface area contributed by atoms with Crippen molar-refractivity contribution in [3.8, 4) is 0 Å². The summed E-state index contributed by atoms with van der Waals surface area (Å²) in [7, 11) is 0. The summed E-state index contributed by atoms with van der Waals surface area (Å²) in [6.07, 6.45) is 2.58. The van der Waals surface area contributed by atoms with Crippen LogP contribution >= 0.6 is 11.6 Å². The van der Waals surface area contributed by atoms with Crippen molar-refractivity contribution in [2.24, 2.45) is 5.41 Å². The van der Waals surface area contributed by atoms with Gasteiger partial charge in [-0.05, 0) is 24.1 Å². The third-order valence-electron chi connectivity index (χ3n) is 2.38. The number of rotatable bonds is 4. The SMILES string of the molecule is C=CC(C)(CO)Cc1ccc(Cl)cc1. The van der Waals surface area contributed by atoms with Crippen molar-refractivity contribution >= 4 is 11.6 Å². The molecule has 2 heteroatoms. The molecule has 1 unspecified atom stereocenters. The van der Waals surface area contributed by atoms with E-state index < -0.39 is 0 Å². The average Bonchev–Trinajstić information content (AvgIpc) is 2.21. The van der Waals surface area contributed by atoms with E-state index in [-0.39, 0.29) is 12.0 Å². The van der Waals surface area contributed by atoms with Gasteiger partial charge in [0.25, 0.3) is 0 Å². The Morgan fingerprint density at radius 1 is 1.43 bits per heavy atom. The van der Waals surface area contributed by atoms with Crippen molar-refractivity contribution in [2.75, 3.05) is 6.61 Å². The van der Waals surface area contributed by atoms with Crippen LogP contribution in [0.1, 0.15) is 12.5 Å². The fourth-order valence-electron chi connectivity index (χ4n) is 1.26. The van der Waals surface area contributed by atoms with Crippen LogP contribution in [0.15, 0.2) is 36.9 Å². The molecule has 0 radical (unpaired) electrons. The Hall–Kier alpha value is -0.790. The van der Waals surface area contributed by atoms with Crippen molar-refractivity contribution in [2.45, 2.75) is 13.3 Å². The minimum absolute atomic E-state index is 0.110. The Kier molecular flexibility index (Phi) is 3.73. The first kappa shape index (κ1) is 11.3. The molecule has 1 atom stereocenters. The molecule has 1 rings (SSSR count). The lowest BCUT2D eigenvalue weighted by Crippen LogP contribution is -2.21. The van der Waals surface area contributed by atoms with Gasteiger partial charge in [-0.2, -0.15) is 0 Å². The number of halogens is 1. The fraction of sp³-hybridized carbons (Fsp3) is 0.333. The summed E-state index contributed by atoms with van der Waals surface area (Å²) in [6.45, 7) is 5.82. The summed E-state index contributed by atoms with van der Waals surface area (Å²) in [5.41, 5.74) is 0.916. The second kappa shape index (κ2) is 4.63. The van der Waals surface area contributed by atoms with Crippen LogP contribution in [-0.4, -0.2) is 11.7 Å². The van der Waals surface area contributed by atoms with E-state index in [1.807, 2.05) is 31.2 Å². The minimum atomic E-state index is -0.242. The predicted octanol–water partition coefficient (Wildman–Crippen LogP) is 3.07. The molecule has 1 N–H and O–H groups in total. The second-order valence-corrected chi connectivity index (χ2v) is 4.26. The Balaban J connectivity index is 2.77. The van der Waals surface area contributed by atoms with Gasteiger partial charge in [0.1, 0.15) is 0 Å². The maximum atomic E-state index is 9.20. The number of hydrogen-bond donors (Lipinski definition) is 1. The van der Waals surface area contributed by atoms with Gasteiger partial charge in [0, 0.05) is 10.4 Å². The normalized spacial score (nSPS) is 14.8. The molecule has 0 bridgehead atoms. The molecule has 0 saturated carbocycles. The van der Waals surface area contributed by atoms with Gasteiger partial charge in [-0.25, -0.2) is 0 Å². The van der Waals surface area contributed by atoms with Gasteiger partial charge in [0.05, 0.1) is 6.61 Å². The van der Waals surface area contributed by atoms with Gasteiger partial charge in [-0.15, -0.1) is 6.58 Å². The number of hydrogen-bond acceptors (Lipinski definition) is 1. The highest BCUT2D eigenvalue weighted by Gasteiger charge is 2.19. The van der Waals surface area contributed by atoms with Gasteiger partial charge < -0.3 is 5.11 Å². The highest BCUT2D eigenvalue weighted by Crippen LogP contribution is 2.23. The molecule has 76 valence electrons. The number of aliphatic hydroxyl groups is 1. The summed E-state index contributed by atoms with van der Waals surface area (Å²) < 4.78 is 0. The standard InChI is InChI=1S/C12H15ClO/c1-3-12(2,9-14)8-10-4-6-11(13)7-5-10/h3-7,14H,1,8-9H2,2H3. The van der Waals surface area contributed by atoms with Gasteiger partial charge in [0.2, 0.25) is 0 Å². The molecule has 0 aliphatic rings. The minimum Gasteiger partial charge on any atom is -0.395 e. The highest BCUT2D eigenvalue weighted by molar-refractivity contribution is 6.30.